The van der Waals surface area contributed by atoms with E-state index in [1.54, 1.807) is 11.3 Å². The average molecular weight is 319 g/mol. The number of nitrogens with two attached hydrogens (primary N) is 1. The molecule has 0 aliphatic carbocycles. The number of hydrogen-bond acceptors (Lipinski definition) is 5. The van der Waals surface area contributed by atoms with Crippen LogP contribution in [0.1, 0.15) is 19.5 Å². The van der Waals surface area contributed by atoms with Gasteiger partial charge >= 0.3 is 0 Å². The highest BCUT2D eigenvalue weighted by Crippen LogP contribution is 2.21. The zero-order valence-corrected chi connectivity index (χ0v) is 13.8. The molecule has 114 valence electrons. The number of amides is 1. The second kappa shape index (κ2) is 7.24. The van der Waals surface area contributed by atoms with E-state index in [-0.39, 0.29) is 30.3 Å². The Bertz CT molecular complexity index is 443. The number of anilines is 1. The Labute approximate surface area is 130 Å². The maximum Gasteiger partial charge on any atom is 0.239 e. The molecular weight excluding hydrogens is 296 g/mol. The number of halogens is 1. The molecule has 1 atom stereocenters. The van der Waals surface area contributed by atoms with E-state index < -0.39 is 0 Å². The van der Waals surface area contributed by atoms with Crippen molar-refractivity contribution in [1.82, 2.24) is 9.88 Å². The standard InChI is InChI=1S/C13H22N4OS.ClH/c1-9(2)11(14)12(18)16-4-6-17(7-5-16)13-15-10(3)8-19-13;/h8-9,11H,4-7,14H2,1-3H3;1H/t11-;/m0./s1. The molecule has 1 saturated heterocycles. The maximum absolute atomic E-state index is 12.2. The lowest BCUT2D eigenvalue weighted by Crippen LogP contribution is -2.54. The van der Waals surface area contributed by atoms with Gasteiger partial charge in [-0.2, -0.15) is 0 Å². The molecule has 0 bridgehead atoms. The molecule has 7 heteroatoms. The molecule has 1 amide bonds. The van der Waals surface area contributed by atoms with E-state index in [1.165, 1.54) is 0 Å². The van der Waals surface area contributed by atoms with Gasteiger partial charge in [-0.25, -0.2) is 4.98 Å². The lowest BCUT2D eigenvalue weighted by Gasteiger charge is -2.36. The Morgan fingerprint density at radius 1 is 1.35 bits per heavy atom. The minimum absolute atomic E-state index is 0. The summed E-state index contributed by atoms with van der Waals surface area (Å²) in [6.07, 6.45) is 0. The predicted octanol–water partition coefficient (Wildman–Crippen LogP) is 1.51. The molecule has 0 aromatic carbocycles. The molecule has 1 aromatic heterocycles. The summed E-state index contributed by atoms with van der Waals surface area (Å²) >= 11 is 1.66. The fourth-order valence-electron chi connectivity index (χ4n) is 2.10. The van der Waals surface area contributed by atoms with E-state index in [0.717, 1.165) is 37.0 Å². The lowest BCUT2D eigenvalue weighted by molar-refractivity contribution is -0.133. The fraction of sp³-hybridized carbons (Fsp3) is 0.692. The summed E-state index contributed by atoms with van der Waals surface area (Å²) < 4.78 is 0. The third-order valence-electron chi connectivity index (χ3n) is 3.47. The Hall–Kier alpha value is -0.850. The average Bonchev–Trinajstić information content (AvgIpc) is 2.84. The van der Waals surface area contributed by atoms with E-state index in [9.17, 15) is 4.79 Å². The zero-order valence-electron chi connectivity index (χ0n) is 12.2. The molecular formula is C13H23ClN4OS. The van der Waals surface area contributed by atoms with Gasteiger partial charge in [0.1, 0.15) is 0 Å². The quantitative estimate of drug-likeness (QED) is 0.917. The van der Waals surface area contributed by atoms with Crippen molar-refractivity contribution in [3.8, 4) is 0 Å². The molecule has 0 unspecified atom stereocenters. The first-order chi connectivity index (χ1) is 8.99. The van der Waals surface area contributed by atoms with Gasteiger partial charge in [-0.3, -0.25) is 4.79 Å². The highest BCUT2D eigenvalue weighted by Gasteiger charge is 2.27. The highest BCUT2D eigenvalue weighted by atomic mass is 35.5. The van der Waals surface area contributed by atoms with Gasteiger partial charge < -0.3 is 15.5 Å². The van der Waals surface area contributed by atoms with Gasteiger partial charge in [-0.05, 0) is 12.8 Å². The summed E-state index contributed by atoms with van der Waals surface area (Å²) in [6, 6.07) is -0.381. The Morgan fingerprint density at radius 2 is 1.95 bits per heavy atom. The Kier molecular flexibility index (Phi) is 6.23. The number of thiazole rings is 1. The van der Waals surface area contributed by atoms with Gasteiger partial charge in [0.25, 0.3) is 0 Å². The number of aryl methyl sites for hydroxylation is 1. The van der Waals surface area contributed by atoms with Crippen molar-refractivity contribution in [2.24, 2.45) is 11.7 Å². The monoisotopic (exact) mass is 318 g/mol. The van der Waals surface area contributed by atoms with Crippen LogP contribution in [0.15, 0.2) is 5.38 Å². The van der Waals surface area contributed by atoms with Crippen molar-refractivity contribution in [2.45, 2.75) is 26.8 Å². The van der Waals surface area contributed by atoms with Crippen molar-refractivity contribution in [3.05, 3.63) is 11.1 Å². The number of piperazine rings is 1. The van der Waals surface area contributed by atoms with E-state index in [2.05, 4.69) is 15.3 Å². The number of carbonyl (C=O) groups is 1. The summed E-state index contributed by atoms with van der Waals surface area (Å²) in [5.74, 6) is 0.261. The van der Waals surface area contributed by atoms with Crippen LogP contribution in [0, 0.1) is 12.8 Å². The SMILES string of the molecule is Cc1csc(N2CCN(C(=O)[C@@H](N)C(C)C)CC2)n1.Cl. The lowest BCUT2D eigenvalue weighted by atomic mass is 10.0. The van der Waals surface area contributed by atoms with E-state index >= 15 is 0 Å². The molecule has 20 heavy (non-hydrogen) atoms. The smallest absolute Gasteiger partial charge is 0.239 e. The van der Waals surface area contributed by atoms with Crippen molar-refractivity contribution >= 4 is 34.8 Å². The molecule has 5 nitrogen and oxygen atoms in total. The number of hydrogen-bond donors (Lipinski definition) is 1. The third-order valence-corrected chi connectivity index (χ3v) is 4.49. The first-order valence-corrected chi connectivity index (χ1v) is 7.58. The van der Waals surface area contributed by atoms with Gasteiger partial charge in [0.05, 0.1) is 11.7 Å². The van der Waals surface area contributed by atoms with Crippen LogP contribution in [0.4, 0.5) is 5.13 Å². The van der Waals surface area contributed by atoms with Gasteiger partial charge in [0, 0.05) is 31.6 Å². The van der Waals surface area contributed by atoms with Crippen LogP contribution in [0.3, 0.4) is 0 Å². The molecule has 0 spiro atoms. The maximum atomic E-state index is 12.2. The molecule has 1 aromatic rings. The number of aromatic nitrogens is 1. The van der Waals surface area contributed by atoms with Crippen LogP contribution < -0.4 is 10.6 Å². The zero-order chi connectivity index (χ0) is 14.0. The van der Waals surface area contributed by atoms with Gasteiger partial charge in [0.2, 0.25) is 5.91 Å². The third kappa shape index (κ3) is 3.84. The molecule has 0 saturated carbocycles. The van der Waals surface area contributed by atoms with Gasteiger partial charge in [-0.15, -0.1) is 23.7 Å². The minimum Gasteiger partial charge on any atom is -0.345 e. The second-order valence-corrected chi connectivity index (χ2v) is 6.19. The van der Waals surface area contributed by atoms with Crippen LogP contribution in [0.25, 0.3) is 0 Å². The van der Waals surface area contributed by atoms with Crippen molar-refractivity contribution in [3.63, 3.8) is 0 Å². The Morgan fingerprint density at radius 3 is 2.40 bits per heavy atom. The summed E-state index contributed by atoms with van der Waals surface area (Å²) in [5, 5.41) is 3.11. The summed E-state index contributed by atoms with van der Waals surface area (Å²) in [6.45, 7) is 9.11. The fourth-order valence-corrected chi connectivity index (χ4v) is 2.96. The molecule has 0 radical (unpaired) electrons. The first kappa shape index (κ1) is 17.2. The van der Waals surface area contributed by atoms with E-state index in [4.69, 9.17) is 5.73 Å². The molecule has 1 aliphatic heterocycles. The molecule has 2 heterocycles. The Balaban J connectivity index is 0.00000200. The normalized spacial score (nSPS) is 17.1. The number of carbonyl (C=O) groups excluding carboxylic acids is 1. The molecule has 1 aliphatic rings. The summed E-state index contributed by atoms with van der Waals surface area (Å²) in [5.41, 5.74) is 6.98. The van der Waals surface area contributed by atoms with Crippen molar-refractivity contribution < 1.29 is 4.79 Å². The van der Waals surface area contributed by atoms with Gasteiger partial charge in [0.15, 0.2) is 5.13 Å². The second-order valence-electron chi connectivity index (χ2n) is 5.35. The van der Waals surface area contributed by atoms with Crippen LogP contribution in [0.5, 0.6) is 0 Å². The van der Waals surface area contributed by atoms with E-state index in [1.807, 2.05) is 25.7 Å². The number of rotatable bonds is 3. The summed E-state index contributed by atoms with van der Waals surface area (Å²) in [7, 11) is 0. The number of nitrogens with zero attached hydrogens (tertiary/aromatic N) is 3. The van der Waals surface area contributed by atoms with Crippen LogP contribution in [-0.2, 0) is 4.79 Å². The minimum atomic E-state index is -0.381. The van der Waals surface area contributed by atoms with Crippen molar-refractivity contribution in [2.75, 3.05) is 31.1 Å². The topological polar surface area (TPSA) is 62.5 Å². The highest BCUT2D eigenvalue weighted by molar-refractivity contribution is 7.13. The first-order valence-electron chi connectivity index (χ1n) is 6.70. The van der Waals surface area contributed by atoms with E-state index in [0.29, 0.717) is 0 Å². The molecule has 1 fully saturated rings. The van der Waals surface area contributed by atoms with Gasteiger partial charge in [-0.1, -0.05) is 13.8 Å². The van der Waals surface area contributed by atoms with Crippen molar-refractivity contribution in [1.29, 1.82) is 0 Å². The largest absolute Gasteiger partial charge is 0.345 e. The predicted molar refractivity (Wildman–Crippen MR) is 85.7 cm³/mol. The molecule has 2 N–H and O–H groups in total. The van der Waals surface area contributed by atoms with Crippen LogP contribution in [-0.4, -0.2) is 48.0 Å². The van der Waals surface area contributed by atoms with Crippen LogP contribution in [0.2, 0.25) is 0 Å². The molecule has 2 rings (SSSR count). The van der Waals surface area contributed by atoms with Crippen LogP contribution >= 0.6 is 23.7 Å². The summed E-state index contributed by atoms with van der Waals surface area (Å²) in [4.78, 5) is 20.8.